The first-order chi connectivity index (χ1) is 13.9. The van der Waals surface area contributed by atoms with Gasteiger partial charge in [-0.05, 0) is 37.4 Å². The molecule has 0 bridgehead atoms. The van der Waals surface area contributed by atoms with Gasteiger partial charge in [0.2, 0.25) is 0 Å². The molecule has 0 unspecified atom stereocenters. The zero-order valence-corrected chi connectivity index (χ0v) is 17.8. The Labute approximate surface area is 173 Å². The Balaban J connectivity index is 1.92. The van der Waals surface area contributed by atoms with Gasteiger partial charge in [0.25, 0.3) is 5.91 Å². The highest BCUT2D eigenvalue weighted by atomic mass is 32.1. The molecule has 0 aliphatic heterocycles. The van der Waals surface area contributed by atoms with E-state index < -0.39 is 0 Å². The third-order valence-electron chi connectivity index (χ3n) is 4.98. The van der Waals surface area contributed by atoms with Crippen LogP contribution in [-0.4, -0.2) is 40.1 Å². The van der Waals surface area contributed by atoms with Gasteiger partial charge in [-0.2, -0.15) is 0 Å². The van der Waals surface area contributed by atoms with Crippen LogP contribution in [0.4, 0.5) is 4.79 Å². The van der Waals surface area contributed by atoms with Crippen LogP contribution in [0.2, 0.25) is 0 Å². The van der Waals surface area contributed by atoms with Gasteiger partial charge in [0.15, 0.2) is 0 Å². The standard InChI is InChI=1S/C22H24N4O2S/c1-14(2)25-17-10-6-5-9-16(17)20-18(25)12-19(26(20)22(28)24(3)4)21(27)23-13-15-8-7-11-29-15/h5-12,14H,13H2,1-4H3,(H,23,27). The Morgan fingerprint density at radius 1 is 1.10 bits per heavy atom. The quantitative estimate of drug-likeness (QED) is 0.532. The Bertz CT molecular complexity index is 1200. The van der Waals surface area contributed by atoms with Crippen LogP contribution in [0.1, 0.15) is 35.3 Å². The number of hydrogen-bond acceptors (Lipinski definition) is 3. The molecular formula is C22H24N4O2S. The maximum absolute atomic E-state index is 13.1. The van der Waals surface area contributed by atoms with Crippen LogP contribution in [-0.2, 0) is 6.54 Å². The summed E-state index contributed by atoms with van der Waals surface area (Å²) >= 11 is 1.59. The first-order valence-electron chi connectivity index (χ1n) is 9.56. The van der Waals surface area contributed by atoms with E-state index in [1.807, 2.05) is 41.8 Å². The molecule has 150 valence electrons. The Kier molecular flexibility index (Phi) is 4.92. The van der Waals surface area contributed by atoms with E-state index in [-0.39, 0.29) is 18.0 Å². The second-order valence-corrected chi connectivity index (χ2v) is 8.55. The number of nitrogens with zero attached hydrogens (tertiary/aromatic N) is 3. The SMILES string of the molecule is CC(C)n1c2ccccc2c2c1cc(C(=O)NCc1cccs1)n2C(=O)N(C)C. The lowest BCUT2D eigenvalue weighted by Gasteiger charge is -2.15. The molecule has 7 heteroatoms. The molecular weight excluding hydrogens is 384 g/mol. The smallest absolute Gasteiger partial charge is 0.328 e. The van der Waals surface area contributed by atoms with Crippen molar-refractivity contribution in [2.24, 2.45) is 0 Å². The van der Waals surface area contributed by atoms with Crippen molar-refractivity contribution in [2.45, 2.75) is 26.4 Å². The largest absolute Gasteiger partial charge is 0.346 e. The number of para-hydroxylation sites is 1. The Morgan fingerprint density at radius 3 is 2.52 bits per heavy atom. The summed E-state index contributed by atoms with van der Waals surface area (Å²) < 4.78 is 3.72. The van der Waals surface area contributed by atoms with Gasteiger partial charge in [0, 0.05) is 30.4 Å². The summed E-state index contributed by atoms with van der Waals surface area (Å²) in [7, 11) is 3.40. The van der Waals surface area contributed by atoms with Gasteiger partial charge in [0.05, 0.1) is 23.1 Å². The van der Waals surface area contributed by atoms with Crippen molar-refractivity contribution in [1.82, 2.24) is 19.4 Å². The van der Waals surface area contributed by atoms with Gasteiger partial charge in [-0.15, -0.1) is 11.3 Å². The third-order valence-corrected chi connectivity index (χ3v) is 5.86. The number of carbonyl (C=O) groups is 2. The molecule has 3 heterocycles. The van der Waals surface area contributed by atoms with Crippen molar-refractivity contribution in [3.63, 3.8) is 0 Å². The van der Waals surface area contributed by atoms with Crippen LogP contribution in [0.25, 0.3) is 21.9 Å². The predicted molar refractivity (Wildman–Crippen MR) is 118 cm³/mol. The van der Waals surface area contributed by atoms with Gasteiger partial charge in [-0.1, -0.05) is 24.3 Å². The van der Waals surface area contributed by atoms with Gasteiger partial charge < -0.3 is 14.8 Å². The molecule has 0 aliphatic rings. The molecule has 29 heavy (non-hydrogen) atoms. The van der Waals surface area contributed by atoms with Crippen LogP contribution in [0.5, 0.6) is 0 Å². The van der Waals surface area contributed by atoms with Gasteiger partial charge in [-0.3, -0.25) is 9.36 Å². The maximum atomic E-state index is 13.1. The molecule has 0 radical (unpaired) electrons. The zero-order chi connectivity index (χ0) is 20.7. The fourth-order valence-electron chi connectivity index (χ4n) is 3.75. The molecule has 2 amide bonds. The molecule has 0 spiro atoms. The van der Waals surface area contributed by atoms with Crippen LogP contribution >= 0.6 is 11.3 Å². The van der Waals surface area contributed by atoms with Crippen molar-refractivity contribution in [3.05, 3.63) is 58.4 Å². The number of benzene rings is 1. The summed E-state index contributed by atoms with van der Waals surface area (Å²) in [5.41, 5.74) is 3.07. The summed E-state index contributed by atoms with van der Waals surface area (Å²) in [6.07, 6.45) is 0. The fraction of sp³-hybridized carbons (Fsp3) is 0.273. The minimum atomic E-state index is -0.260. The van der Waals surface area contributed by atoms with E-state index in [0.717, 1.165) is 26.8 Å². The molecule has 4 aromatic rings. The fourth-order valence-corrected chi connectivity index (χ4v) is 4.39. The summed E-state index contributed by atoms with van der Waals surface area (Å²) in [5, 5.41) is 5.89. The second kappa shape index (κ2) is 7.40. The number of aromatic nitrogens is 2. The number of nitrogens with one attached hydrogen (secondary N) is 1. The molecule has 4 rings (SSSR count). The van der Waals surface area contributed by atoms with E-state index in [0.29, 0.717) is 12.2 Å². The van der Waals surface area contributed by atoms with E-state index in [9.17, 15) is 9.59 Å². The second-order valence-electron chi connectivity index (χ2n) is 7.52. The highest BCUT2D eigenvalue weighted by Gasteiger charge is 2.26. The number of thiophene rings is 1. The van der Waals surface area contributed by atoms with E-state index in [1.54, 1.807) is 30.0 Å². The molecule has 3 aromatic heterocycles. The number of amides is 2. The highest BCUT2D eigenvalue weighted by Crippen LogP contribution is 2.34. The topological polar surface area (TPSA) is 59.3 Å². The first kappa shape index (κ1) is 19.3. The minimum absolute atomic E-state index is 0.185. The van der Waals surface area contributed by atoms with Gasteiger partial charge in [0.1, 0.15) is 5.69 Å². The number of carbonyl (C=O) groups excluding carboxylic acids is 2. The Hall–Kier alpha value is -3.06. The zero-order valence-electron chi connectivity index (χ0n) is 17.0. The third kappa shape index (κ3) is 3.21. The molecule has 0 saturated carbocycles. The number of rotatable bonds is 4. The lowest BCUT2D eigenvalue weighted by molar-refractivity contribution is 0.0942. The Morgan fingerprint density at radius 2 is 1.86 bits per heavy atom. The van der Waals surface area contributed by atoms with Gasteiger partial charge in [-0.25, -0.2) is 4.79 Å². The average molecular weight is 409 g/mol. The van der Waals surface area contributed by atoms with Crippen LogP contribution in [0, 0.1) is 0 Å². The normalized spacial score (nSPS) is 11.5. The summed E-state index contributed by atoms with van der Waals surface area (Å²) in [5.74, 6) is -0.260. The average Bonchev–Trinajstić information content (AvgIpc) is 3.39. The maximum Gasteiger partial charge on any atom is 0.328 e. The van der Waals surface area contributed by atoms with E-state index in [2.05, 4.69) is 29.8 Å². The molecule has 1 N–H and O–H groups in total. The van der Waals surface area contributed by atoms with E-state index in [1.165, 1.54) is 4.90 Å². The van der Waals surface area contributed by atoms with E-state index in [4.69, 9.17) is 0 Å². The first-order valence-corrected chi connectivity index (χ1v) is 10.4. The summed E-state index contributed by atoms with van der Waals surface area (Å²) in [4.78, 5) is 28.7. The monoisotopic (exact) mass is 408 g/mol. The van der Waals surface area contributed by atoms with Crippen molar-refractivity contribution in [1.29, 1.82) is 0 Å². The molecule has 0 saturated heterocycles. The van der Waals surface area contributed by atoms with Crippen molar-refractivity contribution < 1.29 is 9.59 Å². The highest BCUT2D eigenvalue weighted by molar-refractivity contribution is 7.09. The van der Waals surface area contributed by atoms with Crippen LogP contribution < -0.4 is 5.32 Å². The molecule has 6 nitrogen and oxygen atoms in total. The van der Waals surface area contributed by atoms with Crippen LogP contribution in [0.15, 0.2) is 47.8 Å². The van der Waals surface area contributed by atoms with E-state index >= 15 is 0 Å². The molecule has 0 aliphatic carbocycles. The summed E-state index contributed by atoms with van der Waals surface area (Å²) in [6, 6.07) is 13.7. The minimum Gasteiger partial charge on any atom is -0.346 e. The molecule has 1 aromatic carbocycles. The van der Waals surface area contributed by atoms with Gasteiger partial charge >= 0.3 is 6.03 Å². The predicted octanol–water partition coefficient (Wildman–Crippen LogP) is 4.70. The van der Waals surface area contributed by atoms with Crippen molar-refractivity contribution >= 4 is 45.2 Å². The van der Waals surface area contributed by atoms with Crippen LogP contribution in [0.3, 0.4) is 0 Å². The molecule has 0 atom stereocenters. The lowest BCUT2D eigenvalue weighted by atomic mass is 10.2. The van der Waals surface area contributed by atoms with Crippen molar-refractivity contribution in [3.8, 4) is 0 Å². The number of fused-ring (bicyclic) bond motifs is 3. The molecule has 0 fully saturated rings. The number of hydrogen-bond donors (Lipinski definition) is 1. The summed E-state index contributed by atoms with van der Waals surface area (Å²) in [6.45, 7) is 4.65. The van der Waals surface area contributed by atoms with Crippen molar-refractivity contribution in [2.75, 3.05) is 14.1 Å². The lowest BCUT2D eigenvalue weighted by Crippen LogP contribution is -2.32.